The van der Waals surface area contributed by atoms with Crippen molar-refractivity contribution in [2.45, 2.75) is 25.9 Å². The molecule has 0 bridgehead atoms. The highest BCUT2D eigenvalue weighted by Crippen LogP contribution is 2.16. The van der Waals surface area contributed by atoms with Crippen molar-refractivity contribution in [3.63, 3.8) is 0 Å². The summed E-state index contributed by atoms with van der Waals surface area (Å²) in [4.78, 5) is 27.0. The molecule has 1 saturated heterocycles. The first-order chi connectivity index (χ1) is 14.1. The number of hydrogen-bond acceptors (Lipinski definition) is 3. The molecule has 6 heteroatoms. The lowest BCUT2D eigenvalue weighted by molar-refractivity contribution is 0.251. The maximum absolute atomic E-state index is 12.3. The number of aromatic nitrogens is 1. The second kappa shape index (κ2) is 8.49. The summed E-state index contributed by atoms with van der Waals surface area (Å²) in [5.74, 6) is 0. The molecule has 0 saturated carbocycles. The van der Waals surface area contributed by atoms with Crippen molar-refractivity contribution in [2.24, 2.45) is 7.05 Å². The molecule has 150 valence electrons. The lowest BCUT2D eigenvalue weighted by atomic mass is 10.1. The summed E-state index contributed by atoms with van der Waals surface area (Å²) in [6.07, 6.45) is 4.30. The molecular formula is C23H26N4O2. The number of fused-ring (bicyclic) bond motifs is 1. The summed E-state index contributed by atoms with van der Waals surface area (Å²) >= 11 is 0. The number of hydrogen-bond donors (Lipinski definition) is 2. The van der Waals surface area contributed by atoms with E-state index < -0.39 is 0 Å². The number of likely N-dealkylation sites (tertiary alicyclic amines) is 1. The van der Waals surface area contributed by atoms with Gasteiger partial charge < -0.3 is 15.2 Å². The van der Waals surface area contributed by atoms with Crippen molar-refractivity contribution >= 4 is 22.5 Å². The number of carbonyl (C=O) groups excluding carboxylic acids is 1. The Bertz CT molecular complexity index is 1080. The number of rotatable bonds is 5. The molecule has 0 aliphatic carbocycles. The Morgan fingerprint density at radius 3 is 2.66 bits per heavy atom. The first-order valence-electron chi connectivity index (χ1n) is 10.0. The van der Waals surface area contributed by atoms with Crippen LogP contribution in [0.2, 0.25) is 0 Å². The van der Waals surface area contributed by atoms with Crippen molar-refractivity contribution in [3.05, 3.63) is 76.2 Å². The second-order valence-corrected chi connectivity index (χ2v) is 7.64. The highest BCUT2D eigenvalue weighted by molar-refractivity contribution is 5.93. The van der Waals surface area contributed by atoms with E-state index in [2.05, 4.69) is 27.7 Å². The van der Waals surface area contributed by atoms with Crippen molar-refractivity contribution in [1.29, 1.82) is 0 Å². The number of nitrogens with zero attached hydrogens (tertiary/aromatic N) is 2. The molecule has 2 amide bonds. The fourth-order valence-corrected chi connectivity index (χ4v) is 3.81. The Morgan fingerprint density at radius 1 is 1.03 bits per heavy atom. The molecule has 2 heterocycles. The summed E-state index contributed by atoms with van der Waals surface area (Å²) in [6.45, 7) is 3.75. The molecule has 1 fully saturated rings. The van der Waals surface area contributed by atoms with E-state index in [1.54, 1.807) is 25.4 Å². The van der Waals surface area contributed by atoms with E-state index in [1.807, 2.05) is 24.3 Å². The van der Waals surface area contributed by atoms with E-state index in [-0.39, 0.29) is 11.6 Å². The van der Waals surface area contributed by atoms with Crippen LogP contribution in [0.25, 0.3) is 10.8 Å². The standard InChI is InChI=1S/C23H26N4O2/c1-26-12-9-19-7-8-20(14-21(19)22(26)28)25-23(29)24-15-17-5-4-6-18(13-17)16-27-10-2-3-11-27/h4-9,12-14H,2-3,10-11,15-16H2,1H3,(H2,24,25,29). The number of pyridine rings is 1. The van der Waals surface area contributed by atoms with Gasteiger partial charge in [0.2, 0.25) is 0 Å². The summed E-state index contributed by atoms with van der Waals surface area (Å²) in [5, 5.41) is 7.15. The van der Waals surface area contributed by atoms with Gasteiger partial charge in [-0.05, 0) is 60.6 Å². The van der Waals surface area contributed by atoms with Gasteiger partial charge in [0.25, 0.3) is 5.56 Å². The lowest BCUT2D eigenvalue weighted by Crippen LogP contribution is -2.28. The first kappa shape index (κ1) is 19.2. The highest BCUT2D eigenvalue weighted by atomic mass is 16.2. The number of carbonyl (C=O) groups is 1. The average Bonchev–Trinajstić information content (AvgIpc) is 3.23. The van der Waals surface area contributed by atoms with E-state index in [1.165, 1.54) is 36.1 Å². The van der Waals surface area contributed by atoms with Gasteiger partial charge in [-0.1, -0.05) is 30.3 Å². The molecule has 0 unspecified atom stereocenters. The smallest absolute Gasteiger partial charge is 0.319 e. The van der Waals surface area contributed by atoms with E-state index in [4.69, 9.17) is 0 Å². The SMILES string of the molecule is Cn1ccc2ccc(NC(=O)NCc3cccc(CN4CCCC4)c3)cc2c1=O. The molecule has 1 aliphatic heterocycles. The number of nitrogens with one attached hydrogen (secondary N) is 2. The Morgan fingerprint density at radius 2 is 1.83 bits per heavy atom. The Labute approximate surface area is 170 Å². The zero-order valence-corrected chi connectivity index (χ0v) is 16.6. The number of aryl methyl sites for hydroxylation is 1. The molecule has 6 nitrogen and oxygen atoms in total. The minimum atomic E-state index is -0.290. The zero-order chi connectivity index (χ0) is 20.2. The Balaban J connectivity index is 1.37. The molecule has 0 spiro atoms. The fraction of sp³-hybridized carbons (Fsp3) is 0.304. The van der Waals surface area contributed by atoms with Crippen molar-refractivity contribution in [2.75, 3.05) is 18.4 Å². The average molecular weight is 390 g/mol. The molecule has 3 aromatic rings. The quantitative estimate of drug-likeness (QED) is 0.701. The van der Waals surface area contributed by atoms with Gasteiger partial charge in [-0.2, -0.15) is 0 Å². The van der Waals surface area contributed by atoms with E-state index in [9.17, 15) is 9.59 Å². The summed E-state index contributed by atoms with van der Waals surface area (Å²) in [5.41, 5.74) is 2.86. The third kappa shape index (κ3) is 4.66. The number of amides is 2. The van der Waals surface area contributed by atoms with Crippen molar-refractivity contribution in [1.82, 2.24) is 14.8 Å². The topological polar surface area (TPSA) is 66.4 Å². The van der Waals surface area contributed by atoms with Crippen molar-refractivity contribution < 1.29 is 4.79 Å². The maximum Gasteiger partial charge on any atom is 0.319 e. The third-order valence-electron chi connectivity index (χ3n) is 5.39. The first-order valence-corrected chi connectivity index (χ1v) is 10.0. The van der Waals surface area contributed by atoms with Crippen LogP contribution in [0.15, 0.2) is 59.5 Å². The third-order valence-corrected chi connectivity index (χ3v) is 5.39. The predicted octanol–water partition coefficient (Wildman–Crippen LogP) is 3.46. The van der Waals surface area contributed by atoms with Gasteiger partial charge in [-0.15, -0.1) is 0 Å². The van der Waals surface area contributed by atoms with Crippen LogP contribution in [-0.4, -0.2) is 28.6 Å². The van der Waals surface area contributed by atoms with Gasteiger partial charge in [-0.25, -0.2) is 4.79 Å². The zero-order valence-electron chi connectivity index (χ0n) is 16.6. The number of benzene rings is 2. The summed E-state index contributed by atoms with van der Waals surface area (Å²) in [6, 6.07) is 15.3. The van der Waals surface area contributed by atoms with Crippen LogP contribution >= 0.6 is 0 Å². The van der Waals surface area contributed by atoms with E-state index in [0.717, 1.165) is 17.5 Å². The molecule has 29 heavy (non-hydrogen) atoms. The number of urea groups is 1. The Hall–Kier alpha value is -3.12. The molecule has 1 aromatic heterocycles. The van der Waals surface area contributed by atoms with E-state index >= 15 is 0 Å². The summed E-state index contributed by atoms with van der Waals surface area (Å²) in [7, 11) is 1.71. The predicted molar refractivity (Wildman–Crippen MR) is 116 cm³/mol. The van der Waals surface area contributed by atoms with Crippen LogP contribution in [0.3, 0.4) is 0 Å². The Kier molecular flexibility index (Phi) is 5.62. The van der Waals surface area contributed by atoms with E-state index in [0.29, 0.717) is 17.6 Å². The normalized spacial score (nSPS) is 14.2. The van der Waals surface area contributed by atoms with Crippen LogP contribution in [0.1, 0.15) is 24.0 Å². The van der Waals surface area contributed by atoms with Gasteiger partial charge in [0.15, 0.2) is 0 Å². The minimum Gasteiger partial charge on any atom is -0.334 e. The maximum atomic E-state index is 12.3. The molecule has 1 aliphatic rings. The molecule has 2 N–H and O–H groups in total. The fourth-order valence-electron chi connectivity index (χ4n) is 3.81. The van der Waals surface area contributed by atoms with Crippen LogP contribution < -0.4 is 16.2 Å². The molecule has 2 aromatic carbocycles. The molecule has 0 radical (unpaired) electrons. The van der Waals surface area contributed by atoms with Crippen LogP contribution in [0, 0.1) is 0 Å². The van der Waals surface area contributed by atoms with Gasteiger partial charge in [0.1, 0.15) is 0 Å². The van der Waals surface area contributed by atoms with Crippen molar-refractivity contribution in [3.8, 4) is 0 Å². The molecule has 0 atom stereocenters. The monoisotopic (exact) mass is 390 g/mol. The van der Waals surface area contributed by atoms with Crippen LogP contribution in [0.4, 0.5) is 10.5 Å². The second-order valence-electron chi connectivity index (χ2n) is 7.64. The van der Waals surface area contributed by atoms with Gasteiger partial charge in [0.05, 0.1) is 0 Å². The van der Waals surface area contributed by atoms with Crippen LogP contribution in [-0.2, 0) is 20.1 Å². The van der Waals surface area contributed by atoms with Gasteiger partial charge >= 0.3 is 6.03 Å². The minimum absolute atomic E-state index is 0.0821. The van der Waals surface area contributed by atoms with Gasteiger partial charge in [0, 0.05) is 37.4 Å². The largest absolute Gasteiger partial charge is 0.334 e. The molecule has 4 rings (SSSR count). The number of anilines is 1. The summed E-state index contributed by atoms with van der Waals surface area (Å²) < 4.78 is 1.53. The van der Waals surface area contributed by atoms with Crippen LogP contribution in [0.5, 0.6) is 0 Å². The molecular weight excluding hydrogens is 364 g/mol. The highest BCUT2D eigenvalue weighted by Gasteiger charge is 2.12. The lowest BCUT2D eigenvalue weighted by Gasteiger charge is -2.15. The van der Waals surface area contributed by atoms with Gasteiger partial charge in [-0.3, -0.25) is 9.69 Å².